The molecule has 2 unspecified atom stereocenters. The van der Waals surface area contributed by atoms with Gasteiger partial charge in [0.2, 0.25) is 0 Å². The van der Waals surface area contributed by atoms with Crippen molar-refractivity contribution in [1.29, 1.82) is 0 Å². The average Bonchev–Trinajstić information content (AvgIpc) is 2.39. The van der Waals surface area contributed by atoms with Crippen LogP contribution in [0.25, 0.3) is 0 Å². The first-order valence-corrected chi connectivity index (χ1v) is 7.27. The summed E-state index contributed by atoms with van der Waals surface area (Å²) in [4.78, 5) is 2.45. The first-order valence-electron chi connectivity index (χ1n) is 7.27. The predicted molar refractivity (Wildman–Crippen MR) is 79.3 cm³/mol. The summed E-state index contributed by atoms with van der Waals surface area (Å²) in [5.41, 5.74) is 2.35. The van der Waals surface area contributed by atoms with Crippen LogP contribution in [0.2, 0.25) is 0 Å². The summed E-state index contributed by atoms with van der Waals surface area (Å²) in [5.74, 6) is -0.150. The normalized spacial score (nSPS) is 27.6. The van der Waals surface area contributed by atoms with Gasteiger partial charge in [0.1, 0.15) is 5.82 Å². The van der Waals surface area contributed by atoms with Crippen LogP contribution in [0.4, 0.5) is 10.1 Å². The Labute approximate surface area is 116 Å². The van der Waals surface area contributed by atoms with Crippen molar-refractivity contribution in [1.82, 2.24) is 5.32 Å². The lowest BCUT2D eigenvalue weighted by Crippen LogP contribution is -2.62. The molecule has 1 saturated heterocycles. The summed E-state index contributed by atoms with van der Waals surface area (Å²) < 4.78 is 13.3. The summed E-state index contributed by atoms with van der Waals surface area (Å²) in [5, 5.41) is 3.66. The van der Waals surface area contributed by atoms with Gasteiger partial charge in [-0.05, 0) is 50.5 Å². The number of nitrogens with one attached hydrogen (secondary N) is 1. The molecule has 0 amide bonds. The van der Waals surface area contributed by atoms with Gasteiger partial charge in [-0.2, -0.15) is 0 Å². The number of hydrogen-bond donors (Lipinski definition) is 1. The number of piperazine rings is 1. The third-order valence-electron chi connectivity index (χ3n) is 4.44. The van der Waals surface area contributed by atoms with Crippen LogP contribution in [0.15, 0.2) is 18.2 Å². The highest BCUT2D eigenvalue weighted by Crippen LogP contribution is 2.29. The van der Waals surface area contributed by atoms with Gasteiger partial charge < -0.3 is 10.2 Å². The van der Waals surface area contributed by atoms with Gasteiger partial charge in [0.15, 0.2) is 0 Å². The number of benzene rings is 1. The fraction of sp³-hybridized carbons (Fsp3) is 0.625. The van der Waals surface area contributed by atoms with Gasteiger partial charge in [0.05, 0.1) is 0 Å². The van der Waals surface area contributed by atoms with Crippen molar-refractivity contribution >= 4 is 5.69 Å². The van der Waals surface area contributed by atoms with Gasteiger partial charge in [-0.3, -0.25) is 0 Å². The third-order valence-corrected chi connectivity index (χ3v) is 4.44. The van der Waals surface area contributed by atoms with E-state index in [0.29, 0.717) is 6.04 Å². The van der Waals surface area contributed by atoms with Crippen LogP contribution >= 0.6 is 0 Å². The highest BCUT2D eigenvalue weighted by Gasteiger charge is 2.34. The molecule has 2 atom stereocenters. The molecular formula is C16H25FN2. The number of halogens is 1. The fourth-order valence-electron chi connectivity index (χ4n) is 2.86. The molecule has 1 heterocycles. The standard InChI is InChI=1S/C16H25FN2/c1-5-14-10-18-16(4,6-2)11-19(14)15-8-7-13(17)9-12(15)3/h7-9,14,18H,5-6,10-11H2,1-4H3. The molecule has 0 aromatic heterocycles. The number of hydrogen-bond acceptors (Lipinski definition) is 2. The minimum absolute atomic E-state index is 0.145. The molecular weight excluding hydrogens is 239 g/mol. The van der Waals surface area contributed by atoms with Crippen molar-refractivity contribution in [2.24, 2.45) is 0 Å². The zero-order valence-electron chi connectivity index (χ0n) is 12.5. The maximum absolute atomic E-state index is 13.3. The molecule has 2 rings (SSSR count). The Hall–Kier alpha value is -1.09. The van der Waals surface area contributed by atoms with E-state index >= 15 is 0 Å². The van der Waals surface area contributed by atoms with Crippen LogP contribution in [0.3, 0.4) is 0 Å². The summed E-state index contributed by atoms with van der Waals surface area (Å²) in [6.07, 6.45) is 2.20. The number of aryl methyl sites for hydroxylation is 1. The second kappa shape index (κ2) is 5.49. The van der Waals surface area contributed by atoms with Crippen molar-refractivity contribution in [3.63, 3.8) is 0 Å². The van der Waals surface area contributed by atoms with Gasteiger partial charge in [0, 0.05) is 30.4 Å². The van der Waals surface area contributed by atoms with Gasteiger partial charge in [-0.25, -0.2) is 4.39 Å². The molecule has 3 heteroatoms. The largest absolute Gasteiger partial charge is 0.365 e. The molecule has 1 fully saturated rings. The van der Waals surface area contributed by atoms with Gasteiger partial charge in [-0.15, -0.1) is 0 Å². The predicted octanol–water partition coefficient (Wildman–Crippen LogP) is 3.49. The maximum atomic E-state index is 13.3. The lowest BCUT2D eigenvalue weighted by molar-refractivity contribution is 0.276. The lowest BCUT2D eigenvalue weighted by atomic mass is 9.92. The van der Waals surface area contributed by atoms with E-state index in [2.05, 4.69) is 31.0 Å². The second-order valence-corrected chi connectivity index (χ2v) is 5.92. The Balaban J connectivity index is 2.32. The SMILES string of the molecule is CCC1CNC(C)(CC)CN1c1ccc(F)cc1C. The van der Waals surface area contributed by atoms with Gasteiger partial charge in [0.25, 0.3) is 0 Å². The highest BCUT2D eigenvalue weighted by molar-refractivity contribution is 5.55. The molecule has 0 spiro atoms. The average molecular weight is 264 g/mol. The Morgan fingerprint density at radius 1 is 1.42 bits per heavy atom. The van der Waals surface area contributed by atoms with Crippen molar-refractivity contribution in [3.8, 4) is 0 Å². The summed E-state index contributed by atoms with van der Waals surface area (Å²) in [6, 6.07) is 5.62. The monoisotopic (exact) mass is 264 g/mol. The first-order chi connectivity index (χ1) is 8.99. The van der Waals surface area contributed by atoms with Crippen LogP contribution < -0.4 is 10.2 Å². The second-order valence-electron chi connectivity index (χ2n) is 5.92. The topological polar surface area (TPSA) is 15.3 Å². The molecule has 0 bridgehead atoms. The molecule has 1 N–H and O–H groups in total. The molecule has 1 aliphatic heterocycles. The van der Waals surface area contributed by atoms with Crippen molar-refractivity contribution in [3.05, 3.63) is 29.6 Å². The van der Waals surface area contributed by atoms with Crippen LogP contribution in [0.5, 0.6) is 0 Å². The molecule has 0 saturated carbocycles. The minimum Gasteiger partial charge on any atom is -0.365 e. The maximum Gasteiger partial charge on any atom is 0.123 e. The van der Waals surface area contributed by atoms with Crippen LogP contribution in [0.1, 0.15) is 39.2 Å². The molecule has 2 nitrogen and oxygen atoms in total. The summed E-state index contributed by atoms with van der Waals surface area (Å²) in [6.45, 7) is 10.7. The zero-order valence-corrected chi connectivity index (χ0v) is 12.5. The smallest absolute Gasteiger partial charge is 0.123 e. The lowest BCUT2D eigenvalue weighted by Gasteiger charge is -2.47. The van der Waals surface area contributed by atoms with Crippen molar-refractivity contribution < 1.29 is 4.39 Å². The van der Waals surface area contributed by atoms with E-state index in [1.54, 1.807) is 12.1 Å². The Morgan fingerprint density at radius 3 is 2.74 bits per heavy atom. The van der Waals surface area contributed by atoms with E-state index < -0.39 is 0 Å². The minimum atomic E-state index is -0.150. The van der Waals surface area contributed by atoms with E-state index in [1.165, 1.54) is 5.69 Å². The van der Waals surface area contributed by atoms with E-state index in [1.807, 2.05) is 13.0 Å². The third kappa shape index (κ3) is 2.92. The summed E-state index contributed by atoms with van der Waals surface area (Å²) in [7, 11) is 0. The van der Waals surface area contributed by atoms with Crippen LogP contribution in [-0.4, -0.2) is 24.7 Å². The van der Waals surface area contributed by atoms with E-state index in [0.717, 1.165) is 31.5 Å². The van der Waals surface area contributed by atoms with Crippen molar-refractivity contribution in [2.45, 2.75) is 52.1 Å². The molecule has 1 aliphatic rings. The number of rotatable bonds is 3. The number of nitrogens with zero attached hydrogens (tertiary/aromatic N) is 1. The molecule has 0 aliphatic carbocycles. The van der Waals surface area contributed by atoms with E-state index in [-0.39, 0.29) is 11.4 Å². The number of anilines is 1. The molecule has 0 radical (unpaired) electrons. The highest BCUT2D eigenvalue weighted by atomic mass is 19.1. The Kier molecular flexibility index (Phi) is 4.14. The first kappa shape index (κ1) is 14.3. The Morgan fingerprint density at radius 2 is 2.16 bits per heavy atom. The van der Waals surface area contributed by atoms with Crippen LogP contribution in [-0.2, 0) is 0 Å². The molecule has 106 valence electrons. The van der Waals surface area contributed by atoms with E-state index in [4.69, 9.17) is 0 Å². The van der Waals surface area contributed by atoms with Gasteiger partial charge in [-0.1, -0.05) is 13.8 Å². The molecule has 1 aromatic carbocycles. The van der Waals surface area contributed by atoms with E-state index in [9.17, 15) is 4.39 Å². The molecule has 19 heavy (non-hydrogen) atoms. The molecule has 1 aromatic rings. The Bertz CT molecular complexity index is 446. The quantitative estimate of drug-likeness (QED) is 0.899. The van der Waals surface area contributed by atoms with Crippen LogP contribution in [0, 0.1) is 12.7 Å². The summed E-state index contributed by atoms with van der Waals surface area (Å²) >= 11 is 0. The van der Waals surface area contributed by atoms with Gasteiger partial charge >= 0.3 is 0 Å². The van der Waals surface area contributed by atoms with Crippen molar-refractivity contribution in [2.75, 3.05) is 18.0 Å². The fourth-order valence-corrected chi connectivity index (χ4v) is 2.86. The zero-order chi connectivity index (χ0) is 14.0.